The number of aromatic hydroxyl groups is 1. The molecule has 1 aliphatic rings. The molecule has 1 heterocycles. The number of rotatable bonds is 0. The number of phenols is 1. The summed E-state index contributed by atoms with van der Waals surface area (Å²) in [7, 11) is 0. The third kappa shape index (κ3) is 1.56. The maximum absolute atomic E-state index is 10.1. The molecule has 0 spiro atoms. The van der Waals surface area contributed by atoms with Crippen molar-refractivity contribution >= 4 is 0 Å². The first kappa shape index (κ1) is 11.1. The summed E-state index contributed by atoms with van der Waals surface area (Å²) in [6.45, 7) is 3.86. The Balaban J connectivity index is 2.34. The van der Waals surface area contributed by atoms with Crippen molar-refractivity contribution in [1.82, 2.24) is 0 Å². The number of phenolic OH excluding ortho intramolecular Hbond substituents is 1. The molecule has 0 fully saturated rings. The fourth-order valence-electron chi connectivity index (χ4n) is 2.38. The molecular formula is C15H14O3. The quantitative estimate of drug-likeness (QED) is 0.746. The van der Waals surface area contributed by atoms with Gasteiger partial charge in [-0.25, -0.2) is 0 Å². The van der Waals surface area contributed by atoms with Crippen LogP contribution in [0.15, 0.2) is 30.3 Å². The van der Waals surface area contributed by atoms with E-state index in [1.165, 1.54) is 0 Å². The van der Waals surface area contributed by atoms with Crippen LogP contribution in [-0.4, -0.2) is 10.2 Å². The smallest absolute Gasteiger partial charge is 0.224 e. The predicted molar refractivity (Wildman–Crippen MR) is 68.6 cm³/mol. The van der Waals surface area contributed by atoms with Crippen LogP contribution in [0.2, 0.25) is 0 Å². The van der Waals surface area contributed by atoms with E-state index in [-0.39, 0.29) is 5.75 Å². The Bertz CT molecular complexity index is 632. The fourth-order valence-corrected chi connectivity index (χ4v) is 2.38. The van der Waals surface area contributed by atoms with Gasteiger partial charge < -0.3 is 14.9 Å². The molecule has 2 aromatic carbocycles. The third-order valence-corrected chi connectivity index (χ3v) is 3.21. The molecule has 2 aromatic rings. The van der Waals surface area contributed by atoms with E-state index in [0.717, 1.165) is 16.7 Å². The summed E-state index contributed by atoms with van der Waals surface area (Å²) in [4.78, 5) is 0. The number of aliphatic hydroxyl groups is 1. The van der Waals surface area contributed by atoms with Gasteiger partial charge in [-0.05, 0) is 37.1 Å². The van der Waals surface area contributed by atoms with Crippen molar-refractivity contribution in [2.24, 2.45) is 0 Å². The minimum atomic E-state index is -0.978. The first-order chi connectivity index (χ1) is 8.56. The first-order valence-corrected chi connectivity index (χ1v) is 5.85. The van der Waals surface area contributed by atoms with Gasteiger partial charge in [0, 0.05) is 5.56 Å². The standard InChI is InChI=1S/C15H14O3/c1-8-3-4-10-11(5-8)14-12(16)6-9(2)7-13(14)18-15(10)17/h3-7,15-17H,1-2H3. The predicted octanol–water partition coefficient (Wildman–Crippen LogP) is 3.06. The third-order valence-electron chi connectivity index (χ3n) is 3.21. The zero-order valence-corrected chi connectivity index (χ0v) is 10.3. The number of hydrogen-bond donors (Lipinski definition) is 2. The summed E-state index contributed by atoms with van der Waals surface area (Å²) in [5.41, 5.74) is 4.15. The maximum Gasteiger partial charge on any atom is 0.224 e. The van der Waals surface area contributed by atoms with E-state index in [9.17, 15) is 10.2 Å². The van der Waals surface area contributed by atoms with Gasteiger partial charge in [0.25, 0.3) is 0 Å². The Labute approximate surface area is 105 Å². The summed E-state index contributed by atoms with van der Waals surface area (Å²) >= 11 is 0. The Morgan fingerprint density at radius 3 is 2.61 bits per heavy atom. The van der Waals surface area contributed by atoms with Crippen LogP contribution in [0.1, 0.15) is 23.0 Å². The minimum absolute atomic E-state index is 0.184. The van der Waals surface area contributed by atoms with Gasteiger partial charge >= 0.3 is 0 Å². The van der Waals surface area contributed by atoms with E-state index in [0.29, 0.717) is 16.9 Å². The van der Waals surface area contributed by atoms with E-state index in [1.807, 2.05) is 38.1 Å². The maximum atomic E-state index is 10.1. The summed E-state index contributed by atoms with van der Waals surface area (Å²) in [5.74, 6) is 0.710. The Morgan fingerprint density at radius 2 is 1.83 bits per heavy atom. The van der Waals surface area contributed by atoms with Crippen LogP contribution in [0.3, 0.4) is 0 Å². The lowest BCUT2D eigenvalue weighted by atomic mass is 9.93. The van der Waals surface area contributed by atoms with E-state index in [4.69, 9.17) is 4.74 Å². The van der Waals surface area contributed by atoms with Crippen molar-refractivity contribution in [2.45, 2.75) is 20.1 Å². The fraction of sp³-hybridized carbons (Fsp3) is 0.200. The van der Waals surface area contributed by atoms with Crippen LogP contribution < -0.4 is 4.74 Å². The van der Waals surface area contributed by atoms with Crippen molar-refractivity contribution in [3.8, 4) is 22.6 Å². The zero-order chi connectivity index (χ0) is 12.9. The molecule has 0 aromatic heterocycles. The van der Waals surface area contributed by atoms with E-state index < -0.39 is 6.29 Å². The van der Waals surface area contributed by atoms with Crippen molar-refractivity contribution in [3.05, 3.63) is 47.0 Å². The average Bonchev–Trinajstić information content (AvgIpc) is 2.27. The molecule has 3 heteroatoms. The summed E-state index contributed by atoms with van der Waals surface area (Å²) in [6, 6.07) is 9.23. The van der Waals surface area contributed by atoms with Crippen molar-refractivity contribution in [3.63, 3.8) is 0 Å². The van der Waals surface area contributed by atoms with Crippen LogP contribution in [0.25, 0.3) is 11.1 Å². The lowest BCUT2D eigenvalue weighted by Crippen LogP contribution is -2.13. The molecule has 1 aliphatic heterocycles. The minimum Gasteiger partial charge on any atom is -0.507 e. The number of aryl methyl sites for hydroxylation is 2. The molecule has 0 amide bonds. The molecule has 3 nitrogen and oxygen atoms in total. The Morgan fingerprint density at radius 1 is 1.06 bits per heavy atom. The highest BCUT2D eigenvalue weighted by Gasteiger charge is 2.26. The van der Waals surface area contributed by atoms with Gasteiger partial charge in [0.15, 0.2) is 0 Å². The SMILES string of the molecule is Cc1cc(O)c2c(c1)OC(O)c1ccc(C)cc1-2. The molecule has 0 radical (unpaired) electrons. The Hall–Kier alpha value is -2.00. The van der Waals surface area contributed by atoms with E-state index in [2.05, 4.69) is 0 Å². The van der Waals surface area contributed by atoms with Gasteiger partial charge in [-0.3, -0.25) is 0 Å². The molecule has 92 valence electrons. The van der Waals surface area contributed by atoms with Crippen molar-refractivity contribution < 1.29 is 14.9 Å². The van der Waals surface area contributed by atoms with Crippen LogP contribution in [0, 0.1) is 13.8 Å². The lowest BCUT2D eigenvalue weighted by Gasteiger charge is -2.26. The number of ether oxygens (including phenoxy) is 1. The van der Waals surface area contributed by atoms with Crippen LogP contribution >= 0.6 is 0 Å². The molecule has 3 rings (SSSR count). The van der Waals surface area contributed by atoms with Crippen molar-refractivity contribution in [1.29, 1.82) is 0 Å². The molecule has 0 saturated carbocycles. The summed E-state index contributed by atoms with van der Waals surface area (Å²) in [6.07, 6.45) is -0.978. The van der Waals surface area contributed by atoms with Gasteiger partial charge in [0.05, 0.1) is 5.56 Å². The summed E-state index contributed by atoms with van der Waals surface area (Å²) < 4.78 is 5.46. The highest BCUT2D eigenvalue weighted by molar-refractivity contribution is 5.81. The van der Waals surface area contributed by atoms with Gasteiger partial charge in [0.1, 0.15) is 11.5 Å². The molecule has 0 aliphatic carbocycles. The zero-order valence-electron chi connectivity index (χ0n) is 10.3. The average molecular weight is 242 g/mol. The molecule has 2 N–H and O–H groups in total. The van der Waals surface area contributed by atoms with Gasteiger partial charge in [-0.15, -0.1) is 0 Å². The monoisotopic (exact) mass is 242 g/mol. The number of fused-ring (bicyclic) bond motifs is 3. The van der Waals surface area contributed by atoms with Crippen molar-refractivity contribution in [2.75, 3.05) is 0 Å². The largest absolute Gasteiger partial charge is 0.507 e. The number of hydrogen-bond acceptors (Lipinski definition) is 3. The highest BCUT2D eigenvalue weighted by Crippen LogP contribution is 2.46. The van der Waals surface area contributed by atoms with Gasteiger partial charge in [0.2, 0.25) is 6.29 Å². The van der Waals surface area contributed by atoms with Crippen LogP contribution in [0.4, 0.5) is 0 Å². The van der Waals surface area contributed by atoms with Crippen LogP contribution in [-0.2, 0) is 0 Å². The topological polar surface area (TPSA) is 49.7 Å². The second-order valence-electron chi connectivity index (χ2n) is 4.72. The molecule has 1 unspecified atom stereocenters. The summed E-state index contributed by atoms with van der Waals surface area (Å²) in [5, 5.41) is 20.1. The second kappa shape index (κ2) is 3.75. The second-order valence-corrected chi connectivity index (χ2v) is 4.72. The molecule has 18 heavy (non-hydrogen) atoms. The normalized spacial score (nSPS) is 16.7. The van der Waals surface area contributed by atoms with Crippen LogP contribution in [0.5, 0.6) is 11.5 Å². The molecule has 0 bridgehead atoms. The van der Waals surface area contributed by atoms with Gasteiger partial charge in [-0.1, -0.05) is 23.8 Å². The van der Waals surface area contributed by atoms with E-state index in [1.54, 1.807) is 6.07 Å². The molecule has 1 atom stereocenters. The molecule has 0 saturated heterocycles. The number of aliphatic hydroxyl groups excluding tert-OH is 1. The lowest BCUT2D eigenvalue weighted by molar-refractivity contribution is -0.0214. The molecular weight excluding hydrogens is 228 g/mol. The Kier molecular flexibility index (Phi) is 2.31. The van der Waals surface area contributed by atoms with Gasteiger partial charge in [-0.2, -0.15) is 0 Å². The highest BCUT2D eigenvalue weighted by atomic mass is 16.6. The number of benzene rings is 2. The van der Waals surface area contributed by atoms with E-state index >= 15 is 0 Å². The first-order valence-electron chi connectivity index (χ1n) is 5.85.